The number of rotatable bonds is 2. The van der Waals surface area contributed by atoms with Crippen molar-refractivity contribution >= 4 is 11.6 Å². The van der Waals surface area contributed by atoms with Crippen LogP contribution in [0.3, 0.4) is 0 Å². The molecule has 0 aliphatic heterocycles. The third-order valence-electron chi connectivity index (χ3n) is 2.10. The van der Waals surface area contributed by atoms with Crippen molar-refractivity contribution in [1.82, 2.24) is 0 Å². The van der Waals surface area contributed by atoms with Crippen molar-refractivity contribution in [3.8, 4) is 6.07 Å². The van der Waals surface area contributed by atoms with Gasteiger partial charge in [-0.25, -0.2) is 0 Å². The van der Waals surface area contributed by atoms with E-state index in [0.717, 1.165) is 6.07 Å². The molecule has 0 saturated heterocycles. The molecule has 0 aromatic heterocycles. The fourth-order valence-corrected chi connectivity index (χ4v) is 1.30. The lowest BCUT2D eigenvalue weighted by molar-refractivity contribution is -0.150. The smallest absolute Gasteiger partial charge is 0.325 e. The molecule has 1 N–H and O–H groups in total. The zero-order valence-electron chi connectivity index (χ0n) is 9.56. The molecule has 0 unspecified atom stereocenters. The minimum atomic E-state index is -4.75. The van der Waals surface area contributed by atoms with Crippen molar-refractivity contribution in [1.29, 1.82) is 5.26 Å². The Balaban J connectivity index is 2.98. The minimum Gasteiger partial charge on any atom is -0.325 e. The van der Waals surface area contributed by atoms with E-state index in [1.165, 1.54) is 6.07 Å². The van der Waals surface area contributed by atoms with E-state index in [1.54, 1.807) is 5.32 Å². The number of amides is 1. The van der Waals surface area contributed by atoms with Crippen molar-refractivity contribution in [3.05, 3.63) is 29.3 Å². The predicted molar refractivity (Wildman–Crippen MR) is 55.5 cm³/mol. The number of nitriles is 1. The molecule has 9 heteroatoms. The molecule has 0 bridgehead atoms. The van der Waals surface area contributed by atoms with E-state index in [4.69, 9.17) is 5.26 Å². The molecule has 0 radical (unpaired) electrons. The lowest BCUT2D eigenvalue weighted by Crippen LogP contribution is -2.21. The van der Waals surface area contributed by atoms with Gasteiger partial charge >= 0.3 is 12.4 Å². The van der Waals surface area contributed by atoms with Crippen LogP contribution < -0.4 is 5.32 Å². The molecule has 1 rings (SSSR count). The zero-order chi connectivity index (χ0) is 15.6. The normalized spacial score (nSPS) is 11.8. The number of hydrogen-bond donors (Lipinski definition) is 1. The number of halogens is 6. The number of hydrogen-bond acceptors (Lipinski definition) is 2. The fourth-order valence-electron chi connectivity index (χ4n) is 1.30. The van der Waals surface area contributed by atoms with Crippen LogP contribution >= 0.6 is 0 Å². The van der Waals surface area contributed by atoms with Crippen LogP contribution in [0.2, 0.25) is 0 Å². The first-order chi connectivity index (χ1) is 9.03. The van der Waals surface area contributed by atoms with Gasteiger partial charge in [0, 0.05) is 0 Å². The number of carbonyl (C=O) groups is 1. The van der Waals surface area contributed by atoms with Gasteiger partial charge in [-0.1, -0.05) is 0 Å². The highest BCUT2D eigenvalue weighted by Gasteiger charge is 2.33. The van der Waals surface area contributed by atoms with Crippen molar-refractivity contribution in [2.75, 3.05) is 5.32 Å². The number of benzene rings is 1. The van der Waals surface area contributed by atoms with Gasteiger partial charge < -0.3 is 5.32 Å². The summed E-state index contributed by atoms with van der Waals surface area (Å²) in [6, 6.07) is 3.12. The van der Waals surface area contributed by atoms with Crippen LogP contribution in [0.4, 0.5) is 32.0 Å². The zero-order valence-corrected chi connectivity index (χ0v) is 9.56. The Hall–Kier alpha value is -2.24. The van der Waals surface area contributed by atoms with Crippen LogP contribution in [-0.2, 0) is 11.0 Å². The van der Waals surface area contributed by atoms with Gasteiger partial charge in [-0.2, -0.15) is 31.6 Å². The second-order valence-corrected chi connectivity index (χ2v) is 3.71. The van der Waals surface area contributed by atoms with Crippen molar-refractivity contribution in [2.24, 2.45) is 0 Å². The SMILES string of the molecule is N#Cc1cc(C(F)(F)F)ccc1NC(=O)CC(F)(F)F. The lowest BCUT2D eigenvalue weighted by Gasteiger charge is -2.11. The third kappa shape index (κ3) is 4.46. The van der Waals surface area contributed by atoms with Crippen LogP contribution in [0, 0.1) is 11.3 Å². The molecule has 3 nitrogen and oxygen atoms in total. The molecule has 0 aliphatic carbocycles. The van der Waals surface area contributed by atoms with Crippen molar-refractivity contribution in [2.45, 2.75) is 18.8 Å². The first-order valence-corrected chi connectivity index (χ1v) is 5.01. The van der Waals surface area contributed by atoms with E-state index >= 15 is 0 Å². The van der Waals surface area contributed by atoms with Crippen LogP contribution in [0.25, 0.3) is 0 Å². The van der Waals surface area contributed by atoms with Crippen molar-refractivity contribution < 1.29 is 31.1 Å². The molecule has 0 fully saturated rings. The highest BCUT2D eigenvalue weighted by molar-refractivity contribution is 5.92. The van der Waals surface area contributed by atoms with Gasteiger partial charge in [-0.05, 0) is 18.2 Å². The number of nitrogens with zero attached hydrogens (tertiary/aromatic N) is 1. The summed E-state index contributed by atoms with van der Waals surface area (Å²) >= 11 is 0. The van der Waals surface area contributed by atoms with E-state index in [0.29, 0.717) is 12.1 Å². The van der Waals surface area contributed by atoms with E-state index in [2.05, 4.69) is 0 Å². The summed E-state index contributed by atoms with van der Waals surface area (Å²) in [4.78, 5) is 11.0. The molecule has 0 atom stereocenters. The lowest BCUT2D eigenvalue weighted by atomic mass is 10.1. The maximum absolute atomic E-state index is 12.4. The first-order valence-electron chi connectivity index (χ1n) is 5.01. The quantitative estimate of drug-likeness (QED) is 0.850. The number of anilines is 1. The van der Waals surface area contributed by atoms with Crippen LogP contribution in [0.15, 0.2) is 18.2 Å². The number of nitrogens with one attached hydrogen (secondary N) is 1. The highest BCUT2D eigenvalue weighted by atomic mass is 19.4. The Bertz CT molecular complexity index is 556. The molecular formula is C11H6F6N2O. The molecule has 1 aromatic carbocycles. The minimum absolute atomic E-state index is 0.408. The summed E-state index contributed by atoms with van der Waals surface area (Å²) < 4.78 is 72.9. The van der Waals surface area contributed by atoms with Gasteiger partial charge in [-0.3, -0.25) is 4.79 Å². The Morgan fingerprint density at radius 2 is 1.80 bits per heavy atom. The van der Waals surface area contributed by atoms with E-state index in [9.17, 15) is 31.1 Å². The molecule has 1 amide bonds. The van der Waals surface area contributed by atoms with Gasteiger partial charge in [0.15, 0.2) is 0 Å². The third-order valence-corrected chi connectivity index (χ3v) is 2.10. The maximum Gasteiger partial charge on any atom is 0.416 e. The van der Waals surface area contributed by atoms with Crippen LogP contribution in [0.5, 0.6) is 0 Å². The number of carbonyl (C=O) groups excluding carboxylic acids is 1. The monoisotopic (exact) mass is 296 g/mol. The second-order valence-electron chi connectivity index (χ2n) is 3.71. The van der Waals surface area contributed by atoms with Gasteiger partial charge in [-0.15, -0.1) is 0 Å². The summed E-state index contributed by atoms with van der Waals surface area (Å²) in [5.41, 5.74) is -2.12. The molecule has 0 saturated carbocycles. The van der Waals surface area contributed by atoms with Gasteiger partial charge in [0.1, 0.15) is 12.5 Å². The highest BCUT2D eigenvalue weighted by Crippen LogP contribution is 2.31. The second kappa shape index (κ2) is 5.40. The summed E-state index contributed by atoms with van der Waals surface area (Å²) in [7, 11) is 0. The Morgan fingerprint density at radius 3 is 2.25 bits per heavy atom. The Morgan fingerprint density at radius 1 is 1.20 bits per heavy atom. The van der Waals surface area contributed by atoms with Gasteiger partial charge in [0.2, 0.25) is 5.91 Å². The van der Waals surface area contributed by atoms with Gasteiger partial charge in [0.05, 0.1) is 16.8 Å². The van der Waals surface area contributed by atoms with E-state index in [-0.39, 0.29) is 0 Å². The van der Waals surface area contributed by atoms with Crippen molar-refractivity contribution in [3.63, 3.8) is 0 Å². The summed E-state index contributed by atoms with van der Waals surface area (Å²) in [6.07, 6.45) is -11.2. The molecule has 1 aromatic rings. The average molecular weight is 296 g/mol. The maximum atomic E-state index is 12.4. The molecule has 0 heterocycles. The van der Waals surface area contributed by atoms with Crippen LogP contribution in [0.1, 0.15) is 17.5 Å². The molecule has 0 aliphatic rings. The first kappa shape index (κ1) is 15.8. The van der Waals surface area contributed by atoms with Crippen LogP contribution in [-0.4, -0.2) is 12.1 Å². The van der Waals surface area contributed by atoms with Gasteiger partial charge in [0.25, 0.3) is 0 Å². The Kier molecular flexibility index (Phi) is 4.27. The average Bonchev–Trinajstić information content (AvgIpc) is 2.25. The molecular weight excluding hydrogens is 290 g/mol. The number of alkyl halides is 6. The fraction of sp³-hybridized carbons (Fsp3) is 0.273. The topological polar surface area (TPSA) is 52.9 Å². The standard InChI is InChI=1S/C11H6F6N2O/c12-10(13,14)4-9(20)19-8-2-1-7(11(15,16)17)3-6(8)5-18/h1-3H,4H2,(H,19,20). The molecule has 0 spiro atoms. The molecule has 20 heavy (non-hydrogen) atoms. The largest absolute Gasteiger partial charge is 0.416 e. The summed E-state index contributed by atoms with van der Waals surface area (Å²) in [5.74, 6) is -1.46. The van der Waals surface area contributed by atoms with E-state index in [1.807, 2.05) is 0 Å². The predicted octanol–water partition coefficient (Wildman–Crippen LogP) is 3.47. The van der Waals surface area contributed by atoms with E-state index < -0.39 is 41.5 Å². The summed E-state index contributed by atoms with van der Waals surface area (Å²) in [6.45, 7) is 0. The molecule has 108 valence electrons. The summed E-state index contributed by atoms with van der Waals surface area (Å²) in [5, 5.41) is 10.4. The Labute approximate surface area is 108 Å².